The molecule has 2 aromatic carbocycles. The third-order valence-corrected chi connectivity index (χ3v) is 3.94. The predicted octanol–water partition coefficient (Wildman–Crippen LogP) is 4.15. The highest BCUT2D eigenvalue weighted by atomic mass is 16.5. The van der Waals surface area contributed by atoms with Crippen LogP contribution in [0.15, 0.2) is 42.5 Å². The van der Waals surface area contributed by atoms with E-state index in [0.29, 0.717) is 22.7 Å². The van der Waals surface area contributed by atoms with Crippen molar-refractivity contribution in [3.05, 3.63) is 53.6 Å². The van der Waals surface area contributed by atoms with Crippen molar-refractivity contribution < 1.29 is 9.53 Å². The van der Waals surface area contributed by atoms with Crippen molar-refractivity contribution in [3.63, 3.8) is 0 Å². The van der Waals surface area contributed by atoms with Gasteiger partial charge in [-0.1, -0.05) is 45.4 Å². The van der Waals surface area contributed by atoms with Crippen LogP contribution in [0, 0.1) is 0 Å². The summed E-state index contributed by atoms with van der Waals surface area (Å²) in [5.41, 5.74) is 14.6. The van der Waals surface area contributed by atoms with Gasteiger partial charge in [-0.2, -0.15) is 0 Å². The third-order valence-electron chi connectivity index (χ3n) is 3.94. The Morgan fingerprint density at radius 1 is 1.09 bits per heavy atom. The summed E-state index contributed by atoms with van der Waals surface area (Å²) in [5.74, 6) is 0.0273. The Balaban J connectivity index is 2.31. The van der Waals surface area contributed by atoms with Gasteiger partial charge in [0.25, 0.3) is 0 Å². The molecule has 0 aliphatic rings. The molecule has 2 rings (SSSR count). The molecule has 4 nitrogen and oxygen atoms in total. The van der Waals surface area contributed by atoms with Crippen LogP contribution in [0.2, 0.25) is 0 Å². The number of nitrogen functional groups attached to an aromatic ring is 2. The fraction of sp³-hybridized carbons (Fsp3) is 0.316. The highest BCUT2D eigenvalue weighted by Gasteiger charge is 2.26. The van der Waals surface area contributed by atoms with Crippen LogP contribution in [0.5, 0.6) is 5.75 Å². The lowest BCUT2D eigenvalue weighted by Gasteiger charge is -2.28. The highest BCUT2D eigenvalue weighted by molar-refractivity contribution is 5.94. The quantitative estimate of drug-likeness (QED) is 0.494. The number of carbonyl (C=O) groups excluding carboxylic acids is 1. The number of ether oxygens (including phenoxy) is 1. The third kappa shape index (κ3) is 3.83. The molecule has 23 heavy (non-hydrogen) atoms. The topological polar surface area (TPSA) is 78.3 Å². The molecule has 0 atom stereocenters. The SMILES string of the molecule is CCCC(C)(C)c1c(N)cc(C(=O)Oc2ccccc2)cc1N. The first-order chi connectivity index (χ1) is 10.8. The molecule has 0 aromatic heterocycles. The maximum absolute atomic E-state index is 12.3. The Kier molecular flexibility index (Phi) is 4.94. The van der Waals surface area contributed by atoms with Crippen LogP contribution in [0.1, 0.15) is 49.5 Å². The van der Waals surface area contributed by atoms with Crippen LogP contribution in [0.3, 0.4) is 0 Å². The first-order valence-corrected chi connectivity index (χ1v) is 7.82. The number of para-hydroxylation sites is 1. The summed E-state index contributed by atoms with van der Waals surface area (Å²) in [6, 6.07) is 12.2. The second kappa shape index (κ2) is 6.73. The number of hydrogen-bond acceptors (Lipinski definition) is 4. The molecule has 4 heteroatoms. The van der Waals surface area contributed by atoms with Gasteiger partial charge in [-0.05, 0) is 36.1 Å². The molecule has 122 valence electrons. The van der Waals surface area contributed by atoms with E-state index in [4.69, 9.17) is 16.2 Å². The van der Waals surface area contributed by atoms with E-state index >= 15 is 0 Å². The minimum Gasteiger partial charge on any atom is -0.423 e. The van der Waals surface area contributed by atoms with Gasteiger partial charge in [-0.3, -0.25) is 0 Å². The van der Waals surface area contributed by atoms with Crippen molar-refractivity contribution in [2.45, 2.75) is 39.0 Å². The number of hydrogen-bond donors (Lipinski definition) is 2. The van der Waals surface area contributed by atoms with Crippen molar-refractivity contribution >= 4 is 17.3 Å². The number of anilines is 2. The molecule has 0 aliphatic heterocycles. The Morgan fingerprint density at radius 3 is 2.17 bits per heavy atom. The van der Waals surface area contributed by atoms with Crippen LogP contribution in [-0.4, -0.2) is 5.97 Å². The van der Waals surface area contributed by atoms with E-state index in [1.807, 2.05) is 18.2 Å². The number of nitrogens with two attached hydrogens (primary N) is 2. The highest BCUT2D eigenvalue weighted by Crippen LogP contribution is 2.37. The number of rotatable bonds is 5. The number of esters is 1. The Bertz CT molecular complexity index is 671. The molecule has 4 N–H and O–H groups in total. The standard InChI is InChI=1S/C19H24N2O2/c1-4-10-19(2,3)17-15(20)11-13(12-16(17)21)18(22)23-14-8-6-5-7-9-14/h5-9,11-12H,4,10,20-21H2,1-3H3. The van der Waals surface area contributed by atoms with E-state index in [2.05, 4.69) is 20.8 Å². The van der Waals surface area contributed by atoms with Crippen LogP contribution in [0.4, 0.5) is 11.4 Å². The molecule has 0 spiro atoms. The first-order valence-electron chi connectivity index (χ1n) is 7.82. The second-order valence-electron chi connectivity index (χ2n) is 6.37. The van der Waals surface area contributed by atoms with E-state index in [0.717, 1.165) is 18.4 Å². The summed E-state index contributed by atoms with van der Waals surface area (Å²) < 4.78 is 5.33. The van der Waals surface area contributed by atoms with Crippen molar-refractivity contribution in [1.82, 2.24) is 0 Å². The lowest BCUT2D eigenvalue weighted by Crippen LogP contribution is -2.22. The largest absolute Gasteiger partial charge is 0.423 e. The smallest absolute Gasteiger partial charge is 0.343 e. The van der Waals surface area contributed by atoms with Gasteiger partial charge in [0.1, 0.15) is 5.75 Å². The molecule has 0 saturated heterocycles. The molecular weight excluding hydrogens is 288 g/mol. The lowest BCUT2D eigenvalue weighted by molar-refractivity contribution is 0.0735. The van der Waals surface area contributed by atoms with Gasteiger partial charge in [0.05, 0.1) is 5.56 Å². The summed E-state index contributed by atoms with van der Waals surface area (Å²) in [5, 5.41) is 0. The average molecular weight is 312 g/mol. The number of benzene rings is 2. The molecule has 0 aliphatic carbocycles. The van der Waals surface area contributed by atoms with Crippen molar-refractivity contribution in [1.29, 1.82) is 0 Å². The van der Waals surface area contributed by atoms with Crippen LogP contribution >= 0.6 is 0 Å². The summed E-state index contributed by atoms with van der Waals surface area (Å²) in [7, 11) is 0. The van der Waals surface area contributed by atoms with Crippen LogP contribution in [-0.2, 0) is 5.41 Å². The van der Waals surface area contributed by atoms with E-state index in [1.165, 1.54) is 0 Å². The molecule has 0 bridgehead atoms. The van der Waals surface area contributed by atoms with Gasteiger partial charge in [0.2, 0.25) is 0 Å². The molecular formula is C19H24N2O2. The summed E-state index contributed by atoms with van der Waals surface area (Å²) in [6.45, 7) is 6.35. The number of carbonyl (C=O) groups is 1. The second-order valence-corrected chi connectivity index (χ2v) is 6.37. The average Bonchev–Trinajstić information content (AvgIpc) is 2.47. The lowest BCUT2D eigenvalue weighted by atomic mass is 9.78. The van der Waals surface area contributed by atoms with E-state index in [1.54, 1.807) is 24.3 Å². The maximum Gasteiger partial charge on any atom is 0.343 e. The van der Waals surface area contributed by atoms with Gasteiger partial charge in [0, 0.05) is 16.9 Å². The van der Waals surface area contributed by atoms with Crippen molar-refractivity contribution in [2.75, 3.05) is 11.5 Å². The fourth-order valence-corrected chi connectivity index (χ4v) is 2.99. The zero-order valence-corrected chi connectivity index (χ0v) is 13.9. The summed E-state index contributed by atoms with van der Waals surface area (Å²) in [6.07, 6.45) is 2.00. The molecule has 0 amide bonds. The van der Waals surface area contributed by atoms with E-state index in [9.17, 15) is 4.79 Å². The zero-order chi connectivity index (χ0) is 17.0. The van der Waals surface area contributed by atoms with Crippen molar-refractivity contribution in [2.24, 2.45) is 0 Å². The van der Waals surface area contributed by atoms with Crippen molar-refractivity contribution in [3.8, 4) is 5.75 Å². The normalized spacial score (nSPS) is 11.3. The predicted molar refractivity (Wildman–Crippen MR) is 94.6 cm³/mol. The summed E-state index contributed by atoms with van der Waals surface area (Å²) >= 11 is 0. The van der Waals surface area contributed by atoms with E-state index < -0.39 is 5.97 Å². The summed E-state index contributed by atoms with van der Waals surface area (Å²) in [4.78, 5) is 12.3. The van der Waals surface area contributed by atoms with Crippen LogP contribution < -0.4 is 16.2 Å². The first kappa shape index (κ1) is 16.9. The maximum atomic E-state index is 12.3. The molecule has 0 unspecified atom stereocenters. The zero-order valence-electron chi connectivity index (χ0n) is 13.9. The fourth-order valence-electron chi connectivity index (χ4n) is 2.99. The molecule has 0 radical (unpaired) electrons. The molecule has 0 saturated carbocycles. The van der Waals surface area contributed by atoms with Gasteiger partial charge < -0.3 is 16.2 Å². The van der Waals surface area contributed by atoms with E-state index in [-0.39, 0.29) is 5.41 Å². The van der Waals surface area contributed by atoms with Gasteiger partial charge in [-0.15, -0.1) is 0 Å². The monoisotopic (exact) mass is 312 g/mol. The van der Waals surface area contributed by atoms with Gasteiger partial charge in [0.15, 0.2) is 0 Å². The Labute approximate surface area is 137 Å². The molecule has 2 aromatic rings. The van der Waals surface area contributed by atoms with Gasteiger partial charge in [-0.25, -0.2) is 4.79 Å². The molecule has 0 heterocycles. The van der Waals surface area contributed by atoms with Crippen LogP contribution in [0.25, 0.3) is 0 Å². The van der Waals surface area contributed by atoms with Gasteiger partial charge >= 0.3 is 5.97 Å². The minimum atomic E-state index is -0.463. The Morgan fingerprint density at radius 2 is 1.65 bits per heavy atom. The minimum absolute atomic E-state index is 0.134. The Hall–Kier alpha value is -2.49. The molecule has 0 fully saturated rings.